The average Bonchev–Trinajstić information content (AvgIpc) is 2.60. The van der Waals surface area contributed by atoms with Gasteiger partial charge in [-0.1, -0.05) is 41.0 Å². The molecule has 0 aliphatic heterocycles. The van der Waals surface area contributed by atoms with Crippen molar-refractivity contribution in [2.75, 3.05) is 0 Å². The van der Waals surface area contributed by atoms with Gasteiger partial charge in [0.2, 0.25) is 0 Å². The van der Waals surface area contributed by atoms with Crippen LogP contribution in [0.1, 0.15) is 70.2 Å². The van der Waals surface area contributed by atoms with Crippen LogP contribution in [0, 0.1) is 13.8 Å². The number of rotatable bonds is 8. The molecule has 0 saturated heterocycles. The molecule has 0 amide bonds. The molecule has 0 saturated carbocycles. The number of aromatic nitrogens is 1. The Morgan fingerprint density at radius 3 is 2.25 bits per heavy atom. The molecule has 2 nitrogen and oxygen atoms in total. The average molecular weight is 378 g/mol. The second-order valence-electron chi connectivity index (χ2n) is 8.27. The smallest absolute Gasteiger partial charge is 0.193 e. The molecule has 28 heavy (non-hydrogen) atoms. The Morgan fingerprint density at radius 1 is 0.929 bits per heavy atom. The van der Waals surface area contributed by atoms with Crippen LogP contribution in [-0.4, -0.2) is 4.98 Å². The fraction of sp³-hybridized carbons (Fsp3) is 0.423. The Labute approximate surface area is 170 Å². The summed E-state index contributed by atoms with van der Waals surface area (Å²) in [5, 5.41) is 0.784. The third-order valence-electron chi connectivity index (χ3n) is 5.25. The van der Waals surface area contributed by atoms with Crippen molar-refractivity contribution in [2.45, 2.75) is 73.6 Å². The number of aryl methyl sites for hydroxylation is 2. The van der Waals surface area contributed by atoms with Gasteiger partial charge in [0.15, 0.2) is 5.43 Å². The molecule has 1 N–H and O–H groups in total. The third kappa shape index (κ3) is 6.37. The first-order valence-electron chi connectivity index (χ1n) is 10.3. The standard InChI is InChI=1S/C26H35NO/c1-18(2)9-7-10-19(3)11-8-12-20(4)13-15-23-22(6)27-25-17-21(5)14-16-24(25)26(23)28/h9,11,13-14,16-17H,7-8,10,12,15H2,1-6H3,(H,27,28)/b19-11+,20-13+. The second kappa shape index (κ2) is 10.3. The minimum absolute atomic E-state index is 0.158. The molecule has 0 spiro atoms. The SMILES string of the molecule is CC(C)=CCC/C(C)=C/CC/C(C)=C/Cc1c(C)[nH]c2cc(C)ccc2c1=O. The number of H-pyrrole nitrogens is 1. The van der Waals surface area contributed by atoms with Gasteiger partial charge in [0.25, 0.3) is 0 Å². The zero-order valence-electron chi connectivity index (χ0n) is 18.4. The molecule has 0 atom stereocenters. The lowest BCUT2D eigenvalue weighted by atomic mass is 10.0. The quantitative estimate of drug-likeness (QED) is 0.489. The minimum atomic E-state index is 0.158. The van der Waals surface area contributed by atoms with Crippen molar-refractivity contribution in [3.05, 3.63) is 80.2 Å². The number of fused-ring (bicyclic) bond motifs is 1. The number of benzene rings is 1. The summed E-state index contributed by atoms with van der Waals surface area (Å²) >= 11 is 0. The summed E-state index contributed by atoms with van der Waals surface area (Å²) < 4.78 is 0. The van der Waals surface area contributed by atoms with Crippen LogP contribution in [0.25, 0.3) is 10.9 Å². The highest BCUT2D eigenvalue weighted by Gasteiger charge is 2.08. The van der Waals surface area contributed by atoms with Crippen molar-refractivity contribution in [3.8, 4) is 0 Å². The van der Waals surface area contributed by atoms with Gasteiger partial charge in [-0.25, -0.2) is 0 Å². The number of hydrogen-bond acceptors (Lipinski definition) is 1. The molecule has 0 aliphatic carbocycles. The van der Waals surface area contributed by atoms with Gasteiger partial charge >= 0.3 is 0 Å². The molecule has 1 aromatic carbocycles. The molecule has 2 heteroatoms. The zero-order valence-corrected chi connectivity index (χ0v) is 18.4. The summed E-state index contributed by atoms with van der Waals surface area (Å²) in [6.45, 7) is 12.7. The van der Waals surface area contributed by atoms with Gasteiger partial charge < -0.3 is 4.98 Å². The number of allylic oxidation sites excluding steroid dienone is 6. The van der Waals surface area contributed by atoms with Crippen molar-refractivity contribution in [3.63, 3.8) is 0 Å². The Morgan fingerprint density at radius 2 is 1.57 bits per heavy atom. The van der Waals surface area contributed by atoms with E-state index >= 15 is 0 Å². The number of aromatic amines is 1. The lowest BCUT2D eigenvalue weighted by Gasteiger charge is -2.08. The van der Waals surface area contributed by atoms with Crippen LogP contribution in [0.5, 0.6) is 0 Å². The normalized spacial score (nSPS) is 12.5. The van der Waals surface area contributed by atoms with Gasteiger partial charge in [0, 0.05) is 22.2 Å². The first-order valence-corrected chi connectivity index (χ1v) is 10.3. The van der Waals surface area contributed by atoms with Gasteiger partial charge in [0.05, 0.1) is 0 Å². The summed E-state index contributed by atoms with van der Waals surface area (Å²) in [5.41, 5.74) is 8.30. The van der Waals surface area contributed by atoms with Gasteiger partial charge in [0.1, 0.15) is 0 Å². The molecule has 0 unspecified atom stereocenters. The largest absolute Gasteiger partial charge is 0.358 e. The lowest BCUT2D eigenvalue weighted by molar-refractivity contribution is 0.913. The Kier molecular flexibility index (Phi) is 8.04. The van der Waals surface area contributed by atoms with E-state index < -0.39 is 0 Å². The monoisotopic (exact) mass is 377 g/mol. The van der Waals surface area contributed by atoms with E-state index in [1.165, 1.54) is 16.7 Å². The molecule has 0 bridgehead atoms. The highest BCUT2D eigenvalue weighted by Crippen LogP contribution is 2.16. The van der Waals surface area contributed by atoms with Gasteiger partial charge in [-0.3, -0.25) is 4.79 Å². The summed E-state index contributed by atoms with van der Waals surface area (Å²) in [6.07, 6.45) is 11.9. The van der Waals surface area contributed by atoms with Crippen LogP contribution >= 0.6 is 0 Å². The van der Waals surface area contributed by atoms with Crippen molar-refractivity contribution in [1.82, 2.24) is 4.98 Å². The van der Waals surface area contributed by atoms with Gasteiger partial charge in [-0.2, -0.15) is 0 Å². The van der Waals surface area contributed by atoms with E-state index in [9.17, 15) is 4.79 Å². The molecular formula is C26H35NO. The molecule has 0 radical (unpaired) electrons. The van der Waals surface area contributed by atoms with Gasteiger partial charge in [-0.05, 0) is 91.3 Å². The highest BCUT2D eigenvalue weighted by atomic mass is 16.1. The van der Waals surface area contributed by atoms with E-state index in [0.717, 1.165) is 53.4 Å². The molecule has 0 fully saturated rings. The van der Waals surface area contributed by atoms with Crippen LogP contribution in [0.3, 0.4) is 0 Å². The maximum absolute atomic E-state index is 12.9. The maximum Gasteiger partial charge on any atom is 0.193 e. The molecule has 2 rings (SSSR count). The van der Waals surface area contributed by atoms with Gasteiger partial charge in [-0.15, -0.1) is 0 Å². The van der Waals surface area contributed by atoms with Crippen LogP contribution in [0.4, 0.5) is 0 Å². The fourth-order valence-electron chi connectivity index (χ4n) is 3.43. The molecule has 0 aliphatic rings. The zero-order chi connectivity index (χ0) is 20.7. The fourth-order valence-corrected chi connectivity index (χ4v) is 3.43. The molecule has 2 aromatic rings. The number of pyridine rings is 1. The molecule has 150 valence electrons. The Balaban J connectivity index is 2.00. The van der Waals surface area contributed by atoms with Crippen molar-refractivity contribution in [1.29, 1.82) is 0 Å². The summed E-state index contributed by atoms with van der Waals surface area (Å²) in [6, 6.07) is 5.98. The molecular weight excluding hydrogens is 342 g/mol. The first-order chi connectivity index (χ1) is 13.3. The van der Waals surface area contributed by atoms with Crippen molar-refractivity contribution in [2.24, 2.45) is 0 Å². The molecule has 1 aromatic heterocycles. The van der Waals surface area contributed by atoms with Crippen LogP contribution in [-0.2, 0) is 6.42 Å². The van der Waals surface area contributed by atoms with E-state index in [1.807, 2.05) is 32.0 Å². The van der Waals surface area contributed by atoms with E-state index in [2.05, 4.69) is 50.9 Å². The molecule has 1 heterocycles. The minimum Gasteiger partial charge on any atom is -0.358 e. The van der Waals surface area contributed by atoms with E-state index in [-0.39, 0.29) is 5.43 Å². The van der Waals surface area contributed by atoms with Crippen molar-refractivity contribution < 1.29 is 0 Å². The van der Waals surface area contributed by atoms with Crippen molar-refractivity contribution >= 4 is 10.9 Å². The second-order valence-corrected chi connectivity index (χ2v) is 8.27. The number of nitrogens with one attached hydrogen (secondary N) is 1. The lowest BCUT2D eigenvalue weighted by Crippen LogP contribution is -2.13. The third-order valence-corrected chi connectivity index (χ3v) is 5.25. The number of hydrogen-bond donors (Lipinski definition) is 1. The maximum atomic E-state index is 12.9. The van der Waals surface area contributed by atoms with Crippen LogP contribution in [0.2, 0.25) is 0 Å². The Hall–Kier alpha value is -2.35. The summed E-state index contributed by atoms with van der Waals surface area (Å²) in [7, 11) is 0. The van der Waals surface area contributed by atoms with E-state index in [0.29, 0.717) is 6.42 Å². The highest BCUT2D eigenvalue weighted by molar-refractivity contribution is 5.80. The predicted molar refractivity (Wildman–Crippen MR) is 123 cm³/mol. The summed E-state index contributed by atoms with van der Waals surface area (Å²) in [5.74, 6) is 0. The topological polar surface area (TPSA) is 32.9 Å². The van der Waals surface area contributed by atoms with Crippen LogP contribution < -0.4 is 5.43 Å². The summed E-state index contributed by atoms with van der Waals surface area (Å²) in [4.78, 5) is 16.3. The van der Waals surface area contributed by atoms with Crippen LogP contribution in [0.15, 0.2) is 57.9 Å². The van der Waals surface area contributed by atoms with E-state index in [1.54, 1.807) is 0 Å². The van der Waals surface area contributed by atoms with E-state index in [4.69, 9.17) is 0 Å². The predicted octanol–water partition coefficient (Wildman–Crippen LogP) is 7.11. The Bertz CT molecular complexity index is 966. The first kappa shape index (κ1) is 21.9.